The van der Waals surface area contributed by atoms with Gasteiger partial charge in [-0.2, -0.15) is 34.6 Å². The first-order valence-electron chi connectivity index (χ1n) is 7.05. The fraction of sp³-hybridized carbons (Fsp3) is 0.222. The number of rotatable bonds is 4. The van der Waals surface area contributed by atoms with Crippen molar-refractivity contribution in [1.29, 1.82) is 0 Å². The summed E-state index contributed by atoms with van der Waals surface area (Å²) in [4.78, 5) is 0. The largest absolute Gasteiger partial charge is 2.00 e. The molecule has 0 bridgehead atoms. The van der Waals surface area contributed by atoms with Crippen LogP contribution in [0.25, 0.3) is 0 Å². The molecule has 0 spiro atoms. The van der Waals surface area contributed by atoms with Crippen LogP contribution in [0.15, 0.2) is 73.1 Å². The first kappa shape index (κ1) is 20.1. The maximum atomic E-state index is 3.85. The van der Waals surface area contributed by atoms with Gasteiger partial charge in [0.15, 0.2) is 0 Å². The van der Waals surface area contributed by atoms with E-state index in [9.17, 15) is 0 Å². The average molecular weight is 354 g/mol. The van der Waals surface area contributed by atoms with Gasteiger partial charge in [-0.1, -0.05) is 26.2 Å². The van der Waals surface area contributed by atoms with E-state index in [1.54, 1.807) is 0 Å². The summed E-state index contributed by atoms with van der Waals surface area (Å²) < 4.78 is 0. The molecule has 0 N–H and O–H groups in total. The number of hydrogen-bond acceptors (Lipinski definition) is 0. The summed E-state index contributed by atoms with van der Waals surface area (Å²) in [6.45, 7) is 16.9. The van der Waals surface area contributed by atoms with E-state index < -0.39 is 16.1 Å². The third-order valence-electron chi connectivity index (χ3n) is 3.83. The molecule has 0 atom stereocenters. The van der Waals surface area contributed by atoms with E-state index in [2.05, 4.69) is 99.3 Å². The number of hydrogen-bond donors (Lipinski definition) is 0. The van der Waals surface area contributed by atoms with Crippen molar-refractivity contribution in [2.24, 2.45) is 0 Å². The zero-order valence-electron chi connectivity index (χ0n) is 13.5. The van der Waals surface area contributed by atoms with Crippen LogP contribution in [0.3, 0.4) is 0 Å². The van der Waals surface area contributed by atoms with Crippen molar-refractivity contribution in [3.05, 3.63) is 73.1 Å². The fourth-order valence-corrected chi connectivity index (χ4v) is 4.42. The molecule has 0 aliphatic heterocycles. The monoisotopic (exact) mass is 354 g/mol. The molecular weight excluding hydrogens is 328 g/mol. The molecule has 0 aliphatic carbocycles. The van der Waals surface area contributed by atoms with Gasteiger partial charge in [0.25, 0.3) is 0 Å². The van der Waals surface area contributed by atoms with E-state index in [1.807, 2.05) is 0 Å². The molecule has 3 heteroatoms. The molecule has 21 heavy (non-hydrogen) atoms. The van der Waals surface area contributed by atoms with E-state index >= 15 is 0 Å². The molecule has 0 aliphatic rings. The third-order valence-corrected chi connectivity index (χ3v) is 9.52. The van der Waals surface area contributed by atoms with Crippen molar-refractivity contribution in [2.75, 3.05) is 0 Å². The van der Waals surface area contributed by atoms with Gasteiger partial charge < -0.3 is 0 Å². The van der Waals surface area contributed by atoms with Gasteiger partial charge in [0.2, 0.25) is 0 Å². The fourth-order valence-electron chi connectivity index (χ4n) is 1.84. The quantitative estimate of drug-likeness (QED) is 0.573. The molecule has 0 unspecified atom stereocenters. The van der Waals surface area contributed by atoms with E-state index in [0.717, 1.165) is 0 Å². The van der Waals surface area contributed by atoms with Crippen LogP contribution < -0.4 is 10.4 Å². The maximum Gasteiger partial charge on any atom is 2.00 e. The molecule has 0 saturated heterocycles. The van der Waals surface area contributed by atoms with Crippen molar-refractivity contribution in [1.82, 2.24) is 0 Å². The second kappa shape index (κ2) is 8.55. The van der Waals surface area contributed by atoms with E-state index in [-0.39, 0.29) is 17.1 Å². The topological polar surface area (TPSA) is 0 Å². The van der Waals surface area contributed by atoms with Crippen molar-refractivity contribution < 1.29 is 17.1 Å². The molecule has 0 heterocycles. The Labute approximate surface area is 142 Å². The minimum absolute atomic E-state index is 0. The van der Waals surface area contributed by atoms with Gasteiger partial charge in [0.1, 0.15) is 0 Å². The third kappa shape index (κ3) is 5.79. The Morgan fingerprint density at radius 1 is 0.667 bits per heavy atom. The van der Waals surface area contributed by atoms with Crippen LogP contribution in [0, 0.1) is 0 Å². The van der Waals surface area contributed by atoms with Gasteiger partial charge in [-0.15, -0.1) is 24.6 Å². The minimum Gasteiger partial charge on any atom is -0.214 e. The first-order valence-corrected chi connectivity index (χ1v) is 13.2. The Balaban J connectivity index is 0.000000364. The van der Waals surface area contributed by atoms with Crippen LogP contribution in [0.4, 0.5) is 0 Å². The van der Waals surface area contributed by atoms with Crippen LogP contribution in [-0.4, -0.2) is 16.1 Å². The molecule has 0 nitrogen and oxygen atoms in total. The predicted octanol–water partition coefficient (Wildman–Crippen LogP) is 4.09. The molecule has 0 fully saturated rings. The van der Waals surface area contributed by atoms with Crippen molar-refractivity contribution in [2.45, 2.75) is 26.2 Å². The molecule has 0 radical (unpaired) electrons. The molecule has 0 amide bonds. The Morgan fingerprint density at radius 2 is 0.905 bits per heavy atom. The minimum atomic E-state index is -1.24. The SMILES string of the molecule is C=C[Si](C)(C)[c-]1cccc1.C=C[Si](C)(C)[c-]1cccc1.[Fe+2]. The van der Waals surface area contributed by atoms with Gasteiger partial charge in [0, 0.05) is 16.1 Å². The molecule has 0 saturated carbocycles. The van der Waals surface area contributed by atoms with Crippen LogP contribution in [0.1, 0.15) is 0 Å². The van der Waals surface area contributed by atoms with Crippen molar-refractivity contribution in [3.63, 3.8) is 0 Å². The normalized spacial score (nSPS) is 10.9. The average Bonchev–Trinajstić information content (AvgIpc) is 3.12. The second-order valence-corrected chi connectivity index (χ2v) is 15.1. The van der Waals surface area contributed by atoms with Crippen LogP contribution >= 0.6 is 0 Å². The summed E-state index contributed by atoms with van der Waals surface area (Å²) in [5.41, 5.74) is 4.23. The zero-order valence-corrected chi connectivity index (χ0v) is 16.6. The maximum absolute atomic E-state index is 3.85. The Bertz CT molecular complexity index is 469. The Kier molecular flexibility index (Phi) is 8.19. The summed E-state index contributed by atoms with van der Waals surface area (Å²) >= 11 is 0. The Morgan fingerprint density at radius 3 is 1.10 bits per heavy atom. The van der Waals surface area contributed by atoms with E-state index in [0.29, 0.717) is 0 Å². The molecular formula is C18H26FeSi2. The predicted molar refractivity (Wildman–Crippen MR) is 98.7 cm³/mol. The zero-order chi connectivity index (χ0) is 15.2. The van der Waals surface area contributed by atoms with Gasteiger partial charge in [-0.05, 0) is 0 Å². The van der Waals surface area contributed by atoms with E-state index in [1.165, 1.54) is 10.4 Å². The molecule has 114 valence electrons. The summed E-state index contributed by atoms with van der Waals surface area (Å²) in [5, 5.41) is 2.95. The van der Waals surface area contributed by atoms with Crippen molar-refractivity contribution >= 4 is 26.5 Å². The van der Waals surface area contributed by atoms with Gasteiger partial charge in [-0.3, -0.25) is 0 Å². The van der Waals surface area contributed by atoms with Crippen LogP contribution in [0.2, 0.25) is 26.2 Å². The van der Waals surface area contributed by atoms with Crippen LogP contribution in [0.5, 0.6) is 0 Å². The van der Waals surface area contributed by atoms with Crippen molar-refractivity contribution in [3.8, 4) is 0 Å². The molecule has 2 aromatic carbocycles. The summed E-state index contributed by atoms with van der Waals surface area (Å²) in [6, 6.07) is 17.1. The summed E-state index contributed by atoms with van der Waals surface area (Å²) in [7, 11) is -2.47. The summed E-state index contributed by atoms with van der Waals surface area (Å²) in [6.07, 6.45) is 0. The van der Waals surface area contributed by atoms with Gasteiger partial charge in [0.05, 0.1) is 0 Å². The molecule has 2 aromatic rings. The van der Waals surface area contributed by atoms with E-state index in [4.69, 9.17) is 0 Å². The van der Waals surface area contributed by atoms with Gasteiger partial charge >= 0.3 is 17.1 Å². The standard InChI is InChI=1S/2C9H13Si.Fe/c2*1-4-10(2,3)9-7-5-6-8-9;/h2*4-8H,1H2,2-3H3;/q2*-1;+2. The molecule has 0 aromatic heterocycles. The van der Waals surface area contributed by atoms with Gasteiger partial charge in [-0.25, -0.2) is 24.3 Å². The van der Waals surface area contributed by atoms with Crippen LogP contribution in [-0.2, 0) is 17.1 Å². The Hall–Kier alpha value is -0.867. The summed E-state index contributed by atoms with van der Waals surface area (Å²) in [5.74, 6) is 0. The smallest absolute Gasteiger partial charge is 0.214 e. The first-order chi connectivity index (χ1) is 9.33. The molecule has 2 rings (SSSR count). The second-order valence-electron chi connectivity index (χ2n) is 6.20.